The summed E-state index contributed by atoms with van der Waals surface area (Å²) in [6, 6.07) is 21.9. The van der Waals surface area contributed by atoms with E-state index in [0.717, 1.165) is 21.6 Å². The first-order valence-corrected chi connectivity index (χ1v) is 8.76. The number of nitrogens with one attached hydrogen (secondary N) is 1. The summed E-state index contributed by atoms with van der Waals surface area (Å²) in [4.78, 5) is 14.0. The Kier molecular flexibility index (Phi) is 5.54. The average molecular weight is 346 g/mol. The van der Waals surface area contributed by atoms with Crippen LogP contribution in [-0.2, 0) is 0 Å². The molecule has 1 N–H and O–H groups in total. The third-order valence-corrected chi connectivity index (χ3v) is 4.69. The third-order valence-electron chi connectivity index (χ3n) is 3.64. The SMILES string of the molecule is Cc1sc(C(=O)N/N=C\C=C\c2ccccc2)cc1-c1ccccc1. The second-order valence-electron chi connectivity index (χ2n) is 5.44. The second-order valence-corrected chi connectivity index (χ2v) is 6.69. The minimum Gasteiger partial charge on any atom is -0.266 e. The van der Waals surface area contributed by atoms with Gasteiger partial charge < -0.3 is 0 Å². The van der Waals surface area contributed by atoms with Crippen LogP contribution in [0.1, 0.15) is 20.1 Å². The maximum Gasteiger partial charge on any atom is 0.281 e. The minimum atomic E-state index is -0.195. The van der Waals surface area contributed by atoms with E-state index in [1.165, 1.54) is 11.3 Å². The third kappa shape index (κ3) is 4.52. The lowest BCUT2D eigenvalue weighted by Gasteiger charge is -1.98. The van der Waals surface area contributed by atoms with E-state index >= 15 is 0 Å². The number of rotatable bonds is 5. The molecular weight excluding hydrogens is 328 g/mol. The number of hydrogen-bond donors (Lipinski definition) is 1. The van der Waals surface area contributed by atoms with E-state index in [2.05, 4.69) is 10.5 Å². The summed E-state index contributed by atoms with van der Waals surface area (Å²) in [5.74, 6) is -0.195. The number of amides is 1. The highest BCUT2D eigenvalue weighted by molar-refractivity contribution is 7.14. The van der Waals surface area contributed by atoms with Crippen LogP contribution in [0, 0.1) is 6.92 Å². The largest absolute Gasteiger partial charge is 0.281 e. The molecule has 0 spiro atoms. The fraction of sp³-hybridized carbons (Fsp3) is 0.0476. The molecule has 3 rings (SSSR count). The van der Waals surface area contributed by atoms with Crippen LogP contribution in [0.15, 0.2) is 77.9 Å². The highest BCUT2D eigenvalue weighted by atomic mass is 32.1. The van der Waals surface area contributed by atoms with E-state index < -0.39 is 0 Å². The predicted molar refractivity (Wildman–Crippen MR) is 106 cm³/mol. The van der Waals surface area contributed by atoms with E-state index in [9.17, 15) is 4.79 Å². The Morgan fingerprint density at radius 2 is 1.72 bits per heavy atom. The Morgan fingerprint density at radius 3 is 2.44 bits per heavy atom. The maximum atomic E-state index is 12.2. The number of hydrogen-bond acceptors (Lipinski definition) is 3. The topological polar surface area (TPSA) is 41.5 Å². The summed E-state index contributed by atoms with van der Waals surface area (Å²) in [5.41, 5.74) is 5.85. The average Bonchev–Trinajstić information content (AvgIpc) is 3.05. The molecule has 1 aromatic heterocycles. The van der Waals surface area contributed by atoms with Crippen LogP contribution in [0.2, 0.25) is 0 Å². The summed E-state index contributed by atoms with van der Waals surface area (Å²) in [6.45, 7) is 2.02. The number of benzene rings is 2. The van der Waals surface area contributed by atoms with E-state index in [1.807, 2.05) is 79.7 Å². The fourth-order valence-electron chi connectivity index (χ4n) is 2.41. The molecule has 0 fully saturated rings. The molecule has 3 aromatic rings. The Morgan fingerprint density at radius 1 is 1.04 bits per heavy atom. The molecule has 3 nitrogen and oxygen atoms in total. The van der Waals surface area contributed by atoms with Crippen LogP contribution in [0.3, 0.4) is 0 Å². The number of hydrazone groups is 1. The summed E-state index contributed by atoms with van der Waals surface area (Å²) in [6.07, 6.45) is 5.30. The Hall–Kier alpha value is -2.98. The zero-order chi connectivity index (χ0) is 17.5. The summed E-state index contributed by atoms with van der Waals surface area (Å²) >= 11 is 1.47. The highest BCUT2D eigenvalue weighted by Gasteiger charge is 2.12. The molecule has 0 bridgehead atoms. The lowest BCUT2D eigenvalue weighted by atomic mass is 10.1. The number of nitrogens with zero attached hydrogens (tertiary/aromatic N) is 1. The normalized spacial score (nSPS) is 11.2. The number of carbonyl (C=O) groups is 1. The van der Waals surface area contributed by atoms with Gasteiger partial charge in [-0.1, -0.05) is 66.7 Å². The number of thiophene rings is 1. The van der Waals surface area contributed by atoms with Gasteiger partial charge in [-0.15, -0.1) is 11.3 Å². The Balaban J connectivity index is 1.62. The van der Waals surface area contributed by atoms with Gasteiger partial charge in [-0.2, -0.15) is 5.10 Å². The van der Waals surface area contributed by atoms with Crippen molar-refractivity contribution in [3.8, 4) is 11.1 Å². The van der Waals surface area contributed by atoms with Crippen LogP contribution in [0.25, 0.3) is 17.2 Å². The van der Waals surface area contributed by atoms with Crippen molar-refractivity contribution in [1.29, 1.82) is 0 Å². The van der Waals surface area contributed by atoms with Crippen molar-refractivity contribution in [2.45, 2.75) is 6.92 Å². The predicted octanol–water partition coefficient (Wildman–Crippen LogP) is 5.15. The van der Waals surface area contributed by atoms with Gasteiger partial charge >= 0.3 is 0 Å². The van der Waals surface area contributed by atoms with Gasteiger partial charge in [-0.25, -0.2) is 5.43 Å². The smallest absolute Gasteiger partial charge is 0.266 e. The lowest BCUT2D eigenvalue weighted by Crippen LogP contribution is -2.15. The van der Waals surface area contributed by atoms with Gasteiger partial charge in [-0.3, -0.25) is 4.79 Å². The number of aryl methyl sites for hydroxylation is 1. The molecule has 0 atom stereocenters. The van der Waals surface area contributed by atoms with Gasteiger partial charge in [0.05, 0.1) is 4.88 Å². The first kappa shape index (κ1) is 16.9. The van der Waals surface area contributed by atoms with Crippen LogP contribution < -0.4 is 5.43 Å². The van der Waals surface area contributed by atoms with Gasteiger partial charge in [0.2, 0.25) is 0 Å². The zero-order valence-corrected chi connectivity index (χ0v) is 14.7. The van der Waals surface area contributed by atoms with Gasteiger partial charge in [-0.05, 0) is 35.8 Å². The Bertz CT molecular complexity index is 896. The number of allylic oxidation sites excluding steroid dienone is 1. The summed E-state index contributed by atoms with van der Waals surface area (Å²) < 4.78 is 0. The van der Waals surface area contributed by atoms with Gasteiger partial charge in [0.15, 0.2) is 0 Å². The maximum absolute atomic E-state index is 12.2. The van der Waals surface area contributed by atoms with E-state index in [1.54, 1.807) is 12.3 Å². The highest BCUT2D eigenvalue weighted by Crippen LogP contribution is 2.30. The van der Waals surface area contributed by atoms with Crippen molar-refractivity contribution in [3.05, 3.63) is 88.1 Å². The van der Waals surface area contributed by atoms with Crippen molar-refractivity contribution in [2.24, 2.45) is 5.10 Å². The van der Waals surface area contributed by atoms with E-state index in [-0.39, 0.29) is 5.91 Å². The van der Waals surface area contributed by atoms with Gasteiger partial charge in [0.1, 0.15) is 0 Å². The first-order valence-electron chi connectivity index (χ1n) is 7.95. The van der Waals surface area contributed by atoms with E-state index in [0.29, 0.717) is 4.88 Å². The van der Waals surface area contributed by atoms with Crippen LogP contribution in [0.5, 0.6) is 0 Å². The van der Waals surface area contributed by atoms with E-state index in [4.69, 9.17) is 0 Å². The van der Waals surface area contributed by atoms with Crippen molar-refractivity contribution in [3.63, 3.8) is 0 Å². The van der Waals surface area contributed by atoms with Crippen LogP contribution in [-0.4, -0.2) is 12.1 Å². The van der Waals surface area contributed by atoms with Crippen LogP contribution in [0.4, 0.5) is 0 Å². The molecule has 0 unspecified atom stereocenters. The molecular formula is C21H18N2OS. The molecule has 1 amide bonds. The van der Waals surface area contributed by atoms with Gasteiger partial charge in [0.25, 0.3) is 5.91 Å². The van der Waals surface area contributed by atoms with Crippen molar-refractivity contribution in [1.82, 2.24) is 5.43 Å². The quantitative estimate of drug-likeness (QED) is 0.503. The van der Waals surface area contributed by atoms with Crippen LogP contribution >= 0.6 is 11.3 Å². The number of carbonyl (C=O) groups excluding carboxylic acids is 1. The molecule has 2 aromatic carbocycles. The van der Waals surface area contributed by atoms with Gasteiger partial charge in [0, 0.05) is 11.1 Å². The fourth-order valence-corrected chi connectivity index (χ4v) is 3.34. The standard InChI is InChI=1S/C21H18N2OS/c1-16-19(18-12-6-3-7-13-18)15-20(25-16)21(24)23-22-14-8-11-17-9-4-2-5-10-17/h2-15H,1H3,(H,23,24)/b11-8+,22-14-. The second kappa shape index (κ2) is 8.22. The molecule has 0 saturated heterocycles. The molecule has 0 radical (unpaired) electrons. The molecule has 1 heterocycles. The minimum absolute atomic E-state index is 0.195. The molecule has 124 valence electrons. The molecule has 25 heavy (non-hydrogen) atoms. The zero-order valence-electron chi connectivity index (χ0n) is 13.8. The lowest BCUT2D eigenvalue weighted by molar-refractivity contribution is 0.0959. The molecule has 0 aliphatic heterocycles. The van der Waals surface area contributed by atoms with Crippen molar-refractivity contribution >= 4 is 29.5 Å². The van der Waals surface area contributed by atoms with Crippen molar-refractivity contribution < 1.29 is 4.79 Å². The molecule has 4 heteroatoms. The molecule has 0 aliphatic rings. The molecule has 0 aliphatic carbocycles. The first-order chi connectivity index (χ1) is 12.2. The summed E-state index contributed by atoms with van der Waals surface area (Å²) in [5, 5.41) is 3.97. The summed E-state index contributed by atoms with van der Waals surface area (Å²) in [7, 11) is 0. The van der Waals surface area contributed by atoms with Crippen molar-refractivity contribution in [2.75, 3.05) is 0 Å². The molecule has 0 saturated carbocycles. The Labute approximate surface area is 151 Å². The monoisotopic (exact) mass is 346 g/mol.